The van der Waals surface area contributed by atoms with Crippen LogP contribution in [0.15, 0.2) is 23.7 Å². The van der Waals surface area contributed by atoms with Crippen molar-refractivity contribution in [3.8, 4) is 0 Å². The minimum atomic E-state index is -0.802. The molecule has 0 unspecified atom stereocenters. The number of hydrogen-bond donors (Lipinski definition) is 2. The van der Waals surface area contributed by atoms with Crippen molar-refractivity contribution >= 4 is 33.1 Å². The number of nitrogens with zero attached hydrogens (tertiary/aromatic N) is 1. The molecule has 0 bridgehead atoms. The molecule has 4 nitrogen and oxygen atoms in total. The van der Waals surface area contributed by atoms with Gasteiger partial charge in [0.1, 0.15) is 11.4 Å². The van der Waals surface area contributed by atoms with Gasteiger partial charge in [-0.2, -0.15) is 0 Å². The average molecular weight is 235 g/mol. The Morgan fingerprint density at radius 3 is 2.94 bits per heavy atom. The molecule has 84 valence electrons. The number of anilines is 1. The maximum Gasteiger partial charge on any atom is 0.242 e. The van der Waals surface area contributed by atoms with Gasteiger partial charge in [0.2, 0.25) is 5.91 Å². The van der Waals surface area contributed by atoms with E-state index in [0.29, 0.717) is 5.82 Å². The van der Waals surface area contributed by atoms with Crippen molar-refractivity contribution in [2.24, 2.45) is 5.73 Å². The van der Waals surface area contributed by atoms with E-state index in [9.17, 15) is 4.79 Å². The smallest absolute Gasteiger partial charge is 0.242 e. The molecular weight excluding hydrogens is 222 g/mol. The van der Waals surface area contributed by atoms with E-state index in [1.165, 1.54) is 0 Å². The molecule has 2 rings (SSSR count). The molecule has 16 heavy (non-hydrogen) atoms. The van der Waals surface area contributed by atoms with E-state index in [1.807, 2.05) is 17.5 Å². The number of thiophene rings is 1. The number of nitrogens with one attached hydrogen (secondary N) is 1. The van der Waals surface area contributed by atoms with Gasteiger partial charge in [0, 0.05) is 16.3 Å². The van der Waals surface area contributed by atoms with Gasteiger partial charge in [-0.3, -0.25) is 4.79 Å². The van der Waals surface area contributed by atoms with E-state index >= 15 is 0 Å². The second kappa shape index (κ2) is 3.75. The summed E-state index contributed by atoms with van der Waals surface area (Å²) in [6.07, 6.45) is 1.72. The lowest BCUT2D eigenvalue weighted by Crippen LogP contribution is -2.45. The number of fused-ring (bicyclic) bond motifs is 1. The van der Waals surface area contributed by atoms with Gasteiger partial charge in [-0.15, -0.1) is 11.3 Å². The van der Waals surface area contributed by atoms with Crippen molar-refractivity contribution < 1.29 is 4.79 Å². The molecule has 0 aliphatic rings. The molecule has 0 aliphatic carbocycles. The predicted octanol–water partition coefficient (Wildman–Crippen LogP) is 1.97. The topological polar surface area (TPSA) is 68.0 Å². The number of carbonyl (C=O) groups is 1. The highest BCUT2D eigenvalue weighted by atomic mass is 32.1. The summed E-state index contributed by atoms with van der Waals surface area (Å²) < 4.78 is 1.14. The number of pyridine rings is 1. The minimum Gasteiger partial charge on any atom is -0.368 e. The van der Waals surface area contributed by atoms with Crippen molar-refractivity contribution in [1.29, 1.82) is 0 Å². The number of hydrogen-bond acceptors (Lipinski definition) is 4. The second-order valence-electron chi connectivity index (χ2n) is 4.11. The van der Waals surface area contributed by atoms with Gasteiger partial charge in [0.25, 0.3) is 0 Å². The molecule has 0 atom stereocenters. The molecule has 0 aromatic carbocycles. The Hall–Kier alpha value is -1.62. The summed E-state index contributed by atoms with van der Waals surface area (Å²) in [5.74, 6) is 0.295. The van der Waals surface area contributed by atoms with Crippen LogP contribution in [0.5, 0.6) is 0 Å². The maximum atomic E-state index is 11.2. The van der Waals surface area contributed by atoms with Crippen molar-refractivity contribution in [3.05, 3.63) is 23.7 Å². The molecular formula is C11H13N3OS. The normalized spacial score (nSPS) is 11.6. The van der Waals surface area contributed by atoms with Gasteiger partial charge in [-0.25, -0.2) is 4.98 Å². The molecule has 0 fully saturated rings. The zero-order chi connectivity index (χ0) is 11.8. The van der Waals surface area contributed by atoms with Crippen LogP contribution in [0, 0.1) is 0 Å². The maximum absolute atomic E-state index is 11.2. The number of nitrogens with two attached hydrogens (primary N) is 1. The largest absolute Gasteiger partial charge is 0.368 e. The fourth-order valence-electron chi connectivity index (χ4n) is 1.35. The Kier molecular flexibility index (Phi) is 2.55. The highest BCUT2D eigenvalue weighted by Gasteiger charge is 2.25. The number of amides is 1. The average Bonchev–Trinajstić information content (AvgIpc) is 2.65. The van der Waals surface area contributed by atoms with Crippen molar-refractivity contribution in [2.75, 3.05) is 5.32 Å². The zero-order valence-electron chi connectivity index (χ0n) is 9.15. The van der Waals surface area contributed by atoms with Gasteiger partial charge in [-0.05, 0) is 31.4 Å². The van der Waals surface area contributed by atoms with Gasteiger partial charge in [-0.1, -0.05) is 0 Å². The molecule has 5 heteroatoms. The first kappa shape index (κ1) is 10.9. The van der Waals surface area contributed by atoms with Gasteiger partial charge >= 0.3 is 0 Å². The summed E-state index contributed by atoms with van der Waals surface area (Å²) >= 11 is 1.64. The van der Waals surface area contributed by atoms with Gasteiger partial charge < -0.3 is 11.1 Å². The summed E-state index contributed by atoms with van der Waals surface area (Å²) in [5.41, 5.74) is 4.51. The van der Waals surface area contributed by atoms with Crippen LogP contribution in [-0.2, 0) is 4.79 Å². The standard InChI is InChI=1S/C11H13N3OS/c1-11(2,10(12)15)14-9-7-4-6-16-8(7)3-5-13-9/h3-6H,1-2H3,(H2,12,15)(H,13,14). The fraction of sp³-hybridized carbons (Fsp3) is 0.273. The summed E-state index contributed by atoms with van der Waals surface area (Å²) in [7, 11) is 0. The molecule has 0 saturated heterocycles. The second-order valence-corrected chi connectivity index (χ2v) is 5.05. The number of aromatic nitrogens is 1. The van der Waals surface area contributed by atoms with Crippen LogP contribution in [0.2, 0.25) is 0 Å². The number of primary amides is 1. The minimum absolute atomic E-state index is 0.401. The Bertz CT molecular complexity index is 533. The van der Waals surface area contributed by atoms with E-state index in [2.05, 4.69) is 10.3 Å². The zero-order valence-corrected chi connectivity index (χ0v) is 9.97. The van der Waals surface area contributed by atoms with Crippen LogP contribution >= 0.6 is 11.3 Å². The van der Waals surface area contributed by atoms with Crippen molar-refractivity contribution in [2.45, 2.75) is 19.4 Å². The highest BCUT2D eigenvalue weighted by Crippen LogP contribution is 2.27. The first-order valence-corrected chi connectivity index (χ1v) is 5.79. The van der Waals surface area contributed by atoms with E-state index < -0.39 is 11.4 Å². The lowest BCUT2D eigenvalue weighted by Gasteiger charge is -2.23. The molecule has 2 aromatic heterocycles. The third kappa shape index (κ3) is 1.86. The van der Waals surface area contributed by atoms with Crippen molar-refractivity contribution in [1.82, 2.24) is 4.98 Å². The molecule has 0 aliphatic heterocycles. The monoisotopic (exact) mass is 235 g/mol. The van der Waals surface area contributed by atoms with Crippen LogP contribution in [0.1, 0.15) is 13.8 Å². The van der Waals surface area contributed by atoms with Crippen LogP contribution in [-0.4, -0.2) is 16.4 Å². The van der Waals surface area contributed by atoms with E-state index in [4.69, 9.17) is 5.73 Å². The third-order valence-corrected chi connectivity index (χ3v) is 3.31. The van der Waals surface area contributed by atoms with Crippen LogP contribution in [0.3, 0.4) is 0 Å². The quantitative estimate of drug-likeness (QED) is 0.854. The molecule has 2 aromatic rings. The molecule has 3 N–H and O–H groups in total. The lowest BCUT2D eigenvalue weighted by molar-refractivity contribution is -0.121. The molecule has 0 spiro atoms. The molecule has 0 radical (unpaired) electrons. The molecule has 0 saturated carbocycles. The van der Waals surface area contributed by atoms with Crippen LogP contribution in [0.4, 0.5) is 5.82 Å². The SMILES string of the molecule is CC(C)(Nc1nccc2sccc12)C(N)=O. The van der Waals surface area contributed by atoms with E-state index in [1.54, 1.807) is 31.4 Å². The Morgan fingerprint density at radius 1 is 1.50 bits per heavy atom. The van der Waals surface area contributed by atoms with Crippen LogP contribution < -0.4 is 11.1 Å². The lowest BCUT2D eigenvalue weighted by atomic mass is 10.1. The van der Waals surface area contributed by atoms with Gasteiger partial charge in [0.05, 0.1) is 0 Å². The van der Waals surface area contributed by atoms with E-state index in [0.717, 1.165) is 10.1 Å². The van der Waals surface area contributed by atoms with Crippen molar-refractivity contribution in [3.63, 3.8) is 0 Å². The third-order valence-electron chi connectivity index (χ3n) is 2.43. The first-order valence-electron chi connectivity index (χ1n) is 4.91. The number of carbonyl (C=O) groups excluding carboxylic acids is 1. The first-order chi connectivity index (χ1) is 7.50. The Labute approximate surface area is 97.5 Å². The predicted molar refractivity (Wildman–Crippen MR) is 66.5 cm³/mol. The van der Waals surface area contributed by atoms with E-state index in [-0.39, 0.29) is 0 Å². The summed E-state index contributed by atoms with van der Waals surface area (Å²) in [6, 6.07) is 3.93. The fourth-order valence-corrected chi connectivity index (χ4v) is 2.13. The van der Waals surface area contributed by atoms with Gasteiger partial charge in [0.15, 0.2) is 0 Å². The molecule has 1 amide bonds. The summed E-state index contributed by atoms with van der Waals surface area (Å²) in [6.45, 7) is 3.48. The Balaban J connectivity index is 2.41. The van der Waals surface area contributed by atoms with Crippen LogP contribution in [0.25, 0.3) is 10.1 Å². The highest BCUT2D eigenvalue weighted by molar-refractivity contribution is 7.17. The molecule has 2 heterocycles. The summed E-state index contributed by atoms with van der Waals surface area (Å²) in [5, 5.41) is 6.08. The number of rotatable bonds is 3. The Morgan fingerprint density at radius 2 is 2.25 bits per heavy atom. The summed E-state index contributed by atoms with van der Waals surface area (Å²) in [4.78, 5) is 15.5.